The Morgan fingerprint density at radius 1 is 0.394 bits per heavy atom. The van der Waals surface area contributed by atoms with E-state index in [1.54, 1.807) is 0 Å². The summed E-state index contributed by atoms with van der Waals surface area (Å²) in [6, 6.07) is 0. The maximum Gasteiger partial charge on any atom is 0.0480 e. The normalized spacial score (nSPS) is 8.36. The molecule has 0 spiro atoms. The van der Waals surface area contributed by atoms with Crippen LogP contribution in [0.15, 0.2) is 0 Å². The van der Waals surface area contributed by atoms with Gasteiger partial charge in [-0.25, -0.2) is 0 Å². The maximum absolute atomic E-state index is 9.42. The second kappa shape index (κ2) is 52.4. The van der Waals surface area contributed by atoms with E-state index in [0.717, 1.165) is 77.0 Å². The first-order chi connectivity index (χ1) is 15.7. The third kappa shape index (κ3) is 72.4. The molecule has 1 radical (unpaired) electrons. The summed E-state index contributed by atoms with van der Waals surface area (Å²) in [6.07, 6.45) is 13.0. The molecule has 0 saturated heterocycles. The fourth-order valence-corrected chi connectivity index (χ4v) is 1.86. The minimum atomic E-state index is 0. The number of rotatable bonds is 20. The molecule has 0 aromatic carbocycles. The average molecular weight is 524 g/mol. The Hall–Kier alpha value is -1.60. The van der Waals surface area contributed by atoms with E-state index in [9.17, 15) is 19.2 Å². The van der Waals surface area contributed by atoms with Gasteiger partial charge in [-0.05, 0) is 25.7 Å². The molecule has 0 saturated carbocycles. The molecule has 0 N–H and O–H groups in total. The molecule has 0 unspecified atom stereocenters. The molecule has 0 aliphatic carbocycles. The second-order valence-corrected chi connectivity index (χ2v) is 6.56. The van der Waals surface area contributed by atoms with E-state index in [4.69, 9.17) is 0 Å². The van der Waals surface area contributed by atoms with E-state index in [2.05, 4.69) is 46.6 Å². The zero-order valence-corrected chi connectivity index (χ0v) is 21.8. The standard InChI is InChI=1S/4C6H11O2.Cu/c4*1-2-3-4-5-8-6-7;/h4*2-5H2,1H3;/q4*-1;. The second-order valence-electron chi connectivity index (χ2n) is 6.56. The van der Waals surface area contributed by atoms with Crippen LogP contribution in [-0.2, 0) is 55.2 Å². The summed E-state index contributed by atoms with van der Waals surface area (Å²) in [5, 5.41) is 0. The van der Waals surface area contributed by atoms with Crippen LogP contribution in [-0.4, -0.2) is 52.3 Å². The third-order valence-corrected chi connectivity index (χ3v) is 3.64. The van der Waals surface area contributed by atoms with E-state index in [0.29, 0.717) is 26.4 Å². The molecule has 0 aromatic heterocycles. The van der Waals surface area contributed by atoms with Crippen LogP contribution >= 0.6 is 0 Å². The number of ether oxygens (including phenoxy) is 4. The fourth-order valence-electron chi connectivity index (χ4n) is 1.86. The fraction of sp³-hybridized carbons (Fsp3) is 0.833. The van der Waals surface area contributed by atoms with Crippen LogP contribution in [0.2, 0.25) is 0 Å². The van der Waals surface area contributed by atoms with Crippen molar-refractivity contribution in [3.05, 3.63) is 0 Å². The Morgan fingerprint density at radius 2 is 0.576 bits per heavy atom. The number of carbonyl (C=O) groups excluding carboxylic acids is 4. The molecular formula is C24H44CuO8-4. The van der Waals surface area contributed by atoms with Crippen LogP contribution in [0.4, 0.5) is 0 Å². The van der Waals surface area contributed by atoms with Crippen LogP contribution in [0.1, 0.15) is 105 Å². The molecule has 0 bridgehead atoms. The first-order valence-electron chi connectivity index (χ1n) is 11.6. The monoisotopic (exact) mass is 523 g/mol. The van der Waals surface area contributed by atoms with E-state index < -0.39 is 0 Å². The van der Waals surface area contributed by atoms with Crippen molar-refractivity contribution in [3.63, 3.8) is 0 Å². The quantitative estimate of drug-likeness (QED) is 0.0945. The number of hydrogen-bond donors (Lipinski definition) is 0. The SMILES string of the molecule is CCCCCO[C-]=O.CCCCCO[C-]=O.CCCCCO[C-]=O.CCCCCO[C-]=O.[Cu]. The Balaban J connectivity index is -0.000000105. The third-order valence-electron chi connectivity index (χ3n) is 3.64. The minimum Gasteiger partial charge on any atom is -0.653 e. The molecule has 0 aliphatic rings. The smallest absolute Gasteiger partial charge is 0.0480 e. The molecule has 33 heavy (non-hydrogen) atoms. The van der Waals surface area contributed by atoms with E-state index >= 15 is 0 Å². The Kier molecular flexibility index (Phi) is 66.1. The summed E-state index contributed by atoms with van der Waals surface area (Å²) in [6.45, 7) is 16.0. The van der Waals surface area contributed by atoms with Crippen LogP contribution in [0.25, 0.3) is 0 Å². The van der Waals surface area contributed by atoms with Crippen molar-refractivity contribution < 1.29 is 55.2 Å². The summed E-state index contributed by atoms with van der Waals surface area (Å²) < 4.78 is 17.3. The van der Waals surface area contributed by atoms with E-state index in [1.807, 2.05) is 0 Å². The van der Waals surface area contributed by atoms with E-state index in [-0.39, 0.29) is 17.1 Å². The molecule has 203 valence electrons. The number of unbranched alkanes of at least 4 members (excludes halogenated alkanes) is 8. The largest absolute Gasteiger partial charge is 0.653 e. The molecule has 9 heteroatoms. The van der Waals surface area contributed by atoms with Gasteiger partial charge in [0.15, 0.2) is 0 Å². The van der Waals surface area contributed by atoms with Gasteiger partial charge in [0.1, 0.15) is 0 Å². The Labute approximate surface area is 212 Å². The molecule has 0 heterocycles. The predicted molar refractivity (Wildman–Crippen MR) is 125 cm³/mol. The van der Waals surface area contributed by atoms with Crippen molar-refractivity contribution in [2.75, 3.05) is 26.4 Å². The molecule has 0 atom stereocenters. The van der Waals surface area contributed by atoms with Gasteiger partial charge in [-0.1, -0.05) is 105 Å². The number of hydrogen-bond acceptors (Lipinski definition) is 8. The first-order valence-corrected chi connectivity index (χ1v) is 11.6. The van der Waals surface area contributed by atoms with Crippen molar-refractivity contribution in [1.82, 2.24) is 0 Å². The van der Waals surface area contributed by atoms with E-state index in [1.165, 1.54) is 25.9 Å². The van der Waals surface area contributed by atoms with Gasteiger partial charge >= 0.3 is 0 Å². The molecule has 0 rings (SSSR count). The summed E-state index contributed by atoms with van der Waals surface area (Å²) in [7, 11) is 0. The van der Waals surface area contributed by atoms with Crippen molar-refractivity contribution in [2.24, 2.45) is 0 Å². The van der Waals surface area contributed by atoms with Gasteiger partial charge in [0.05, 0.1) is 0 Å². The van der Waals surface area contributed by atoms with Crippen molar-refractivity contribution >= 4 is 25.9 Å². The topological polar surface area (TPSA) is 105 Å². The molecular weight excluding hydrogens is 480 g/mol. The van der Waals surface area contributed by atoms with Crippen LogP contribution in [0, 0.1) is 0 Å². The van der Waals surface area contributed by atoms with Gasteiger partial charge in [0.2, 0.25) is 0 Å². The molecule has 0 aromatic rings. The minimum absolute atomic E-state index is 0. The van der Waals surface area contributed by atoms with Crippen LogP contribution < -0.4 is 0 Å². The van der Waals surface area contributed by atoms with Gasteiger partial charge in [-0.2, -0.15) is 0 Å². The molecule has 8 nitrogen and oxygen atoms in total. The molecule has 0 fully saturated rings. The zero-order chi connectivity index (χ0) is 25.0. The van der Waals surface area contributed by atoms with Gasteiger partial charge in [-0.3, -0.25) is 0 Å². The molecule has 0 aliphatic heterocycles. The van der Waals surface area contributed by atoms with Gasteiger partial charge in [-0.15, -0.1) is 0 Å². The van der Waals surface area contributed by atoms with Gasteiger partial charge in [0, 0.05) is 43.5 Å². The van der Waals surface area contributed by atoms with Gasteiger partial charge < -0.3 is 38.1 Å². The Bertz CT molecular complexity index is 280. The summed E-state index contributed by atoms with van der Waals surface area (Å²) in [5.41, 5.74) is 0. The Morgan fingerprint density at radius 3 is 0.697 bits per heavy atom. The molecule has 0 amide bonds. The summed E-state index contributed by atoms with van der Waals surface area (Å²) in [5.74, 6) is 0. The van der Waals surface area contributed by atoms with Crippen LogP contribution in [0.3, 0.4) is 0 Å². The predicted octanol–water partition coefficient (Wildman–Crippen LogP) is 5.04. The van der Waals surface area contributed by atoms with Gasteiger partial charge in [0.25, 0.3) is 0 Å². The van der Waals surface area contributed by atoms with Crippen molar-refractivity contribution in [3.8, 4) is 0 Å². The van der Waals surface area contributed by atoms with Crippen molar-refractivity contribution in [1.29, 1.82) is 0 Å². The zero-order valence-electron chi connectivity index (χ0n) is 20.9. The average Bonchev–Trinajstić information content (AvgIpc) is 2.82. The summed E-state index contributed by atoms with van der Waals surface area (Å²) in [4.78, 5) is 37.7. The van der Waals surface area contributed by atoms with Crippen molar-refractivity contribution in [2.45, 2.75) is 105 Å². The summed E-state index contributed by atoms with van der Waals surface area (Å²) >= 11 is 0. The van der Waals surface area contributed by atoms with Crippen LogP contribution in [0.5, 0.6) is 0 Å². The first kappa shape index (κ1) is 41.6. The maximum atomic E-state index is 9.42.